The van der Waals surface area contributed by atoms with E-state index in [0.717, 1.165) is 12.1 Å². The molecule has 2 amide bonds. The highest BCUT2D eigenvalue weighted by molar-refractivity contribution is 8.16. The van der Waals surface area contributed by atoms with Crippen molar-refractivity contribution < 1.29 is 9.59 Å². The van der Waals surface area contributed by atoms with E-state index in [1.54, 1.807) is 0 Å². The number of carbonyl (C=O) groups is 2. The van der Waals surface area contributed by atoms with E-state index in [0.29, 0.717) is 18.3 Å². The first-order valence-corrected chi connectivity index (χ1v) is 9.84. The van der Waals surface area contributed by atoms with Crippen LogP contribution in [-0.2, 0) is 22.6 Å². The molecule has 2 aromatic rings. The third kappa shape index (κ3) is 3.76. The molecular formula is C21H21N3O2S. The number of aliphatic imine (C=N–C) groups is 1. The summed E-state index contributed by atoms with van der Waals surface area (Å²) in [5, 5.41) is 3.37. The van der Waals surface area contributed by atoms with Gasteiger partial charge in [-0.3, -0.25) is 9.59 Å². The molecule has 0 saturated carbocycles. The van der Waals surface area contributed by atoms with Gasteiger partial charge in [0.05, 0.1) is 12.1 Å². The standard InChI is InChI=1S/C21H21N3O2S/c1-21(19(26)23-20(27-21)22-17-9-3-2-4-10-17)13-18(25)24-12-11-15-7-5-6-8-16(15)14-24/h2-10H,11-14H2,1H3,(H,22,23,26). The predicted molar refractivity (Wildman–Crippen MR) is 108 cm³/mol. The zero-order valence-electron chi connectivity index (χ0n) is 15.1. The van der Waals surface area contributed by atoms with Gasteiger partial charge in [0.2, 0.25) is 11.8 Å². The first kappa shape index (κ1) is 17.8. The average Bonchev–Trinajstić information content (AvgIpc) is 2.95. The average molecular weight is 379 g/mol. The van der Waals surface area contributed by atoms with Crippen LogP contribution >= 0.6 is 11.8 Å². The van der Waals surface area contributed by atoms with Crippen molar-refractivity contribution in [3.05, 3.63) is 65.7 Å². The maximum absolute atomic E-state index is 12.9. The van der Waals surface area contributed by atoms with Gasteiger partial charge >= 0.3 is 0 Å². The van der Waals surface area contributed by atoms with Crippen LogP contribution in [0.1, 0.15) is 24.5 Å². The first-order valence-electron chi connectivity index (χ1n) is 9.02. The third-order valence-corrected chi connectivity index (χ3v) is 6.15. The van der Waals surface area contributed by atoms with Gasteiger partial charge in [-0.25, -0.2) is 4.99 Å². The first-order chi connectivity index (χ1) is 13.0. The second kappa shape index (κ2) is 7.19. The summed E-state index contributed by atoms with van der Waals surface area (Å²) in [6, 6.07) is 17.7. The molecule has 1 N–H and O–H groups in total. The zero-order chi connectivity index (χ0) is 18.9. The van der Waals surface area contributed by atoms with Crippen LogP contribution < -0.4 is 5.32 Å². The summed E-state index contributed by atoms with van der Waals surface area (Å²) >= 11 is 1.34. The topological polar surface area (TPSA) is 61.8 Å². The minimum absolute atomic E-state index is 0.00983. The lowest BCUT2D eigenvalue weighted by molar-refractivity contribution is -0.135. The van der Waals surface area contributed by atoms with Gasteiger partial charge in [0.25, 0.3) is 0 Å². The van der Waals surface area contributed by atoms with Gasteiger partial charge in [0, 0.05) is 13.1 Å². The van der Waals surface area contributed by atoms with Crippen LogP contribution in [0.3, 0.4) is 0 Å². The SMILES string of the molecule is CC1(CC(=O)N2CCc3ccccc3C2)SC(=Nc2ccccc2)NC1=O. The number of thioether (sulfide) groups is 1. The Labute approximate surface area is 162 Å². The Bertz CT molecular complexity index is 913. The molecule has 0 bridgehead atoms. The fourth-order valence-electron chi connectivity index (χ4n) is 3.41. The van der Waals surface area contributed by atoms with E-state index < -0.39 is 4.75 Å². The lowest BCUT2D eigenvalue weighted by Gasteiger charge is -2.31. The molecule has 0 aromatic heterocycles. The lowest BCUT2D eigenvalue weighted by atomic mass is 9.98. The van der Waals surface area contributed by atoms with Crippen LogP contribution in [0.5, 0.6) is 0 Å². The van der Waals surface area contributed by atoms with E-state index in [9.17, 15) is 9.59 Å². The molecule has 138 valence electrons. The summed E-state index contributed by atoms with van der Waals surface area (Å²) in [5.41, 5.74) is 3.28. The molecule has 27 heavy (non-hydrogen) atoms. The van der Waals surface area contributed by atoms with E-state index >= 15 is 0 Å². The number of nitrogens with zero attached hydrogens (tertiary/aromatic N) is 2. The quantitative estimate of drug-likeness (QED) is 0.890. The number of amides is 2. The molecule has 5 nitrogen and oxygen atoms in total. The molecule has 2 aliphatic heterocycles. The number of fused-ring (bicyclic) bond motifs is 1. The fraction of sp³-hybridized carbons (Fsp3) is 0.286. The van der Waals surface area contributed by atoms with Crippen molar-refractivity contribution in [2.45, 2.75) is 31.1 Å². The number of hydrogen-bond donors (Lipinski definition) is 1. The summed E-state index contributed by atoms with van der Waals surface area (Å²) in [5.74, 6) is -0.149. The molecule has 0 aliphatic carbocycles. The lowest BCUT2D eigenvalue weighted by Crippen LogP contribution is -2.42. The highest BCUT2D eigenvalue weighted by Crippen LogP contribution is 2.36. The van der Waals surface area contributed by atoms with Crippen molar-refractivity contribution in [1.82, 2.24) is 10.2 Å². The van der Waals surface area contributed by atoms with E-state index in [-0.39, 0.29) is 18.2 Å². The predicted octanol–water partition coefficient (Wildman–Crippen LogP) is 3.27. The van der Waals surface area contributed by atoms with E-state index in [4.69, 9.17) is 0 Å². The smallest absolute Gasteiger partial charge is 0.242 e. The largest absolute Gasteiger partial charge is 0.338 e. The molecule has 2 aliphatic rings. The number of para-hydroxylation sites is 1. The van der Waals surface area contributed by atoms with Crippen LogP contribution in [0.25, 0.3) is 0 Å². The fourth-order valence-corrected chi connectivity index (χ4v) is 4.47. The van der Waals surface area contributed by atoms with Crippen molar-refractivity contribution in [3.63, 3.8) is 0 Å². The summed E-state index contributed by atoms with van der Waals surface area (Å²) in [7, 11) is 0. The number of benzene rings is 2. The monoisotopic (exact) mass is 379 g/mol. The van der Waals surface area contributed by atoms with Crippen molar-refractivity contribution in [1.29, 1.82) is 0 Å². The zero-order valence-corrected chi connectivity index (χ0v) is 16.0. The van der Waals surface area contributed by atoms with Gasteiger partial charge in [0.15, 0.2) is 5.17 Å². The number of rotatable bonds is 3. The molecule has 0 spiro atoms. The molecule has 2 aromatic carbocycles. The number of nitrogens with one attached hydrogen (secondary N) is 1. The minimum atomic E-state index is -0.832. The summed E-state index contributed by atoms with van der Waals surface area (Å²) in [6.07, 6.45) is 1.03. The normalized spacial score (nSPS) is 23.2. The van der Waals surface area contributed by atoms with Crippen LogP contribution in [0.4, 0.5) is 5.69 Å². The summed E-state index contributed by atoms with van der Waals surface area (Å²) in [6.45, 7) is 3.13. The second-order valence-electron chi connectivity index (χ2n) is 7.05. The Morgan fingerprint density at radius 1 is 1.15 bits per heavy atom. The van der Waals surface area contributed by atoms with Crippen LogP contribution in [0.15, 0.2) is 59.6 Å². The van der Waals surface area contributed by atoms with Crippen LogP contribution in [0.2, 0.25) is 0 Å². The molecule has 1 saturated heterocycles. The van der Waals surface area contributed by atoms with Gasteiger partial charge in [-0.1, -0.05) is 54.2 Å². The van der Waals surface area contributed by atoms with Crippen LogP contribution in [0, 0.1) is 0 Å². The van der Waals surface area contributed by atoms with E-state index in [2.05, 4.69) is 22.4 Å². The van der Waals surface area contributed by atoms with Crippen molar-refractivity contribution in [2.24, 2.45) is 4.99 Å². The second-order valence-corrected chi connectivity index (χ2v) is 8.54. The van der Waals surface area contributed by atoms with Crippen LogP contribution in [-0.4, -0.2) is 33.2 Å². The Kier molecular flexibility index (Phi) is 4.74. The summed E-state index contributed by atoms with van der Waals surface area (Å²) in [4.78, 5) is 31.7. The molecule has 4 rings (SSSR count). The molecule has 1 atom stereocenters. The Hall–Kier alpha value is -2.60. The van der Waals surface area contributed by atoms with Crippen molar-refractivity contribution in [2.75, 3.05) is 6.54 Å². The van der Waals surface area contributed by atoms with Gasteiger partial charge < -0.3 is 10.2 Å². The highest BCUT2D eigenvalue weighted by Gasteiger charge is 2.45. The number of hydrogen-bond acceptors (Lipinski definition) is 4. The summed E-state index contributed by atoms with van der Waals surface area (Å²) < 4.78 is -0.832. The van der Waals surface area contributed by atoms with Gasteiger partial charge in [-0.2, -0.15) is 0 Å². The van der Waals surface area contributed by atoms with Crippen molar-refractivity contribution in [3.8, 4) is 0 Å². The number of carbonyl (C=O) groups excluding carboxylic acids is 2. The molecular weight excluding hydrogens is 358 g/mol. The van der Waals surface area contributed by atoms with Gasteiger partial charge in [-0.15, -0.1) is 0 Å². The Morgan fingerprint density at radius 3 is 2.63 bits per heavy atom. The molecule has 2 heterocycles. The highest BCUT2D eigenvalue weighted by atomic mass is 32.2. The molecule has 0 radical (unpaired) electrons. The molecule has 6 heteroatoms. The maximum atomic E-state index is 12.9. The van der Waals surface area contributed by atoms with E-state index in [1.165, 1.54) is 22.9 Å². The third-order valence-electron chi connectivity index (χ3n) is 4.98. The van der Waals surface area contributed by atoms with Crippen molar-refractivity contribution >= 4 is 34.4 Å². The van der Waals surface area contributed by atoms with Gasteiger partial charge in [-0.05, 0) is 36.6 Å². The number of amidine groups is 1. The van der Waals surface area contributed by atoms with Gasteiger partial charge in [0.1, 0.15) is 4.75 Å². The Balaban J connectivity index is 1.45. The minimum Gasteiger partial charge on any atom is -0.338 e. The molecule has 1 unspecified atom stereocenters. The maximum Gasteiger partial charge on any atom is 0.242 e. The molecule has 1 fully saturated rings. The van der Waals surface area contributed by atoms with E-state index in [1.807, 2.05) is 54.3 Å². The Morgan fingerprint density at radius 2 is 1.85 bits per heavy atom.